The minimum absolute atomic E-state index is 0.0231. The summed E-state index contributed by atoms with van der Waals surface area (Å²) in [6, 6.07) is 15.4. The van der Waals surface area contributed by atoms with Crippen molar-refractivity contribution in [3.8, 4) is 0 Å². The summed E-state index contributed by atoms with van der Waals surface area (Å²) in [6.07, 6.45) is 1.23. The van der Waals surface area contributed by atoms with Crippen LogP contribution in [0.25, 0.3) is 11.0 Å². The topological polar surface area (TPSA) is 98.1 Å². The molecule has 0 fully saturated rings. The Balaban J connectivity index is 1.82. The SMILES string of the molecule is Cc1ccc2c(=O)c(S(=O)(=O)c3ccc(C(C)C)cc3)cn(CC(=O)Nc3c(C)cccc3C)c2n1. The van der Waals surface area contributed by atoms with Crippen molar-refractivity contribution in [1.82, 2.24) is 9.55 Å². The third kappa shape index (κ3) is 4.81. The van der Waals surface area contributed by atoms with Gasteiger partial charge in [-0.05, 0) is 67.6 Å². The summed E-state index contributed by atoms with van der Waals surface area (Å²) in [5, 5.41) is 3.05. The quantitative estimate of drug-likeness (QED) is 0.403. The Morgan fingerprint density at radius 2 is 1.61 bits per heavy atom. The summed E-state index contributed by atoms with van der Waals surface area (Å²) in [7, 11) is -4.14. The van der Waals surface area contributed by atoms with Gasteiger partial charge in [-0.25, -0.2) is 13.4 Å². The molecule has 0 aliphatic carbocycles. The molecule has 4 aromatic rings. The van der Waals surface area contributed by atoms with E-state index in [0.29, 0.717) is 11.4 Å². The van der Waals surface area contributed by atoms with Gasteiger partial charge in [0, 0.05) is 17.6 Å². The molecule has 186 valence electrons. The molecule has 0 unspecified atom stereocenters. The number of hydrogen-bond donors (Lipinski definition) is 1. The van der Waals surface area contributed by atoms with E-state index in [2.05, 4.69) is 10.3 Å². The number of aromatic nitrogens is 2. The Hall–Kier alpha value is -3.78. The van der Waals surface area contributed by atoms with Gasteiger partial charge in [-0.2, -0.15) is 0 Å². The molecule has 0 aliphatic heterocycles. The minimum Gasteiger partial charge on any atom is -0.324 e. The number of amides is 1. The summed E-state index contributed by atoms with van der Waals surface area (Å²) < 4.78 is 28.5. The highest BCUT2D eigenvalue weighted by molar-refractivity contribution is 7.91. The number of carbonyl (C=O) groups is 1. The Labute approximate surface area is 210 Å². The van der Waals surface area contributed by atoms with Crippen LogP contribution in [0.3, 0.4) is 0 Å². The van der Waals surface area contributed by atoms with Crippen molar-refractivity contribution in [2.75, 3.05) is 5.32 Å². The van der Waals surface area contributed by atoms with Gasteiger partial charge in [-0.3, -0.25) is 9.59 Å². The predicted molar refractivity (Wildman–Crippen MR) is 141 cm³/mol. The van der Waals surface area contributed by atoms with Crippen molar-refractivity contribution >= 4 is 32.5 Å². The van der Waals surface area contributed by atoms with Gasteiger partial charge in [-0.15, -0.1) is 0 Å². The summed E-state index contributed by atoms with van der Waals surface area (Å²) in [5.74, 6) is -0.116. The molecule has 0 saturated carbocycles. The number of aryl methyl sites for hydroxylation is 3. The van der Waals surface area contributed by atoms with Crippen molar-refractivity contribution in [2.24, 2.45) is 0 Å². The number of hydrogen-bond acceptors (Lipinski definition) is 5. The number of pyridine rings is 2. The second-order valence-electron chi connectivity index (χ2n) is 9.32. The fraction of sp³-hybridized carbons (Fsp3) is 0.250. The standard InChI is InChI=1S/C28H29N3O4S/c1-17(2)21-10-12-22(13-11-21)36(34,35)24-15-31(28-23(27(24)33)14-9-20(5)29-28)16-25(32)30-26-18(3)7-6-8-19(26)4/h6-15,17H,16H2,1-5H3,(H,30,32). The molecule has 2 heterocycles. The zero-order valence-electron chi connectivity index (χ0n) is 21.0. The molecule has 2 aromatic carbocycles. The summed E-state index contributed by atoms with van der Waals surface area (Å²) in [6.45, 7) is 9.39. The lowest BCUT2D eigenvalue weighted by Gasteiger charge is -2.15. The predicted octanol–water partition coefficient (Wildman–Crippen LogP) is 4.92. The fourth-order valence-corrected chi connectivity index (χ4v) is 5.52. The van der Waals surface area contributed by atoms with Gasteiger partial charge >= 0.3 is 0 Å². The molecule has 0 aliphatic rings. The van der Waals surface area contributed by atoms with E-state index in [4.69, 9.17) is 0 Å². The van der Waals surface area contributed by atoms with Crippen LogP contribution in [0.1, 0.15) is 42.1 Å². The van der Waals surface area contributed by atoms with Gasteiger partial charge in [0.25, 0.3) is 0 Å². The van der Waals surface area contributed by atoms with E-state index in [-0.39, 0.29) is 34.3 Å². The highest BCUT2D eigenvalue weighted by Crippen LogP contribution is 2.24. The molecule has 0 spiro atoms. The summed E-state index contributed by atoms with van der Waals surface area (Å²) in [4.78, 5) is 30.4. The molecule has 0 saturated heterocycles. The highest BCUT2D eigenvalue weighted by Gasteiger charge is 2.25. The van der Waals surface area contributed by atoms with Crippen molar-refractivity contribution in [2.45, 2.75) is 56.9 Å². The minimum atomic E-state index is -4.14. The van der Waals surface area contributed by atoms with Crippen LogP contribution in [0, 0.1) is 20.8 Å². The van der Waals surface area contributed by atoms with Crippen LogP contribution in [0.2, 0.25) is 0 Å². The van der Waals surface area contributed by atoms with Crippen LogP contribution in [0.15, 0.2) is 75.4 Å². The first-order valence-corrected chi connectivity index (χ1v) is 13.2. The number of benzene rings is 2. The maximum Gasteiger partial charge on any atom is 0.244 e. The molecule has 0 atom stereocenters. The molecule has 8 heteroatoms. The smallest absolute Gasteiger partial charge is 0.244 e. The van der Waals surface area contributed by atoms with E-state index in [0.717, 1.165) is 16.7 Å². The van der Waals surface area contributed by atoms with E-state index in [1.165, 1.54) is 22.9 Å². The summed E-state index contributed by atoms with van der Waals surface area (Å²) in [5.41, 5.74) is 3.78. The van der Waals surface area contributed by atoms with E-state index in [9.17, 15) is 18.0 Å². The third-order valence-electron chi connectivity index (χ3n) is 6.23. The number of fused-ring (bicyclic) bond motifs is 1. The van der Waals surface area contributed by atoms with Crippen molar-refractivity contribution in [1.29, 1.82) is 0 Å². The first-order chi connectivity index (χ1) is 17.0. The van der Waals surface area contributed by atoms with E-state index in [1.807, 2.05) is 45.9 Å². The van der Waals surface area contributed by atoms with Gasteiger partial charge in [0.05, 0.1) is 10.3 Å². The van der Waals surface area contributed by atoms with Crippen molar-refractivity contribution < 1.29 is 13.2 Å². The zero-order valence-corrected chi connectivity index (χ0v) is 21.8. The number of para-hydroxylation sites is 1. The maximum atomic E-state index is 13.5. The Bertz CT molecular complexity index is 1620. The number of rotatable bonds is 6. The molecular weight excluding hydrogens is 474 g/mol. The Kier molecular flexibility index (Phi) is 6.82. The van der Waals surface area contributed by atoms with Crippen LogP contribution in [-0.2, 0) is 21.2 Å². The van der Waals surface area contributed by atoms with Crippen LogP contribution >= 0.6 is 0 Å². The molecule has 2 aromatic heterocycles. The van der Waals surface area contributed by atoms with Gasteiger partial charge in [0.1, 0.15) is 17.1 Å². The monoisotopic (exact) mass is 503 g/mol. The average Bonchev–Trinajstić information content (AvgIpc) is 2.83. The highest BCUT2D eigenvalue weighted by atomic mass is 32.2. The summed E-state index contributed by atoms with van der Waals surface area (Å²) >= 11 is 0. The Morgan fingerprint density at radius 3 is 2.22 bits per heavy atom. The van der Waals surface area contributed by atoms with Crippen LogP contribution in [0.5, 0.6) is 0 Å². The second-order valence-corrected chi connectivity index (χ2v) is 11.2. The lowest BCUT2D eigenvalue weighted by atomic mass is 10.0. The van der Waals surface area contributed by atoms with Crippen LogP contribution in [-0.4, -0.2) is 23.9 Å². The molecular formula is C28H29N3O4S. The second kappa shape index (κ2) is 9.70. The zero-order chi connectivity index (χ0) is 26.2. The van der Waals surface area contributed by atoms with Crippen LogP contribution in [0.4, 0.5) is 5.69 Å². The lowest BCUT2D eigenvalue weighted by molar-refractivity contribution is -0.116. The lowest BCUT2D eigenvalue weighted by Crippen LogP contribution is -2.25. The van der Waals surface area contributed by atoms with Crippen LogP contribution < -0.4 is 10.7 Å². The number of anilines is 1. The normalized spacial score (nSPS) is 11.7. The first-order valence-electron chi connectivity index (χ1n) is 11.7. The molecule has 1 N–H and O–H groups in total. The van der Waals surface area contributed by atoms with Gasteiger partial charge < -0.3 is 9.88 Å². The number of nitrogens with zero attached hydrogens (tertiary/aromatic N) is 2. The number of carbonyl (C=O) groups excluding carboxylic acids is 1. The van der Waals surface area contributed by atoms with Crippen molar-refractivity contribution in [3.63, 3.8) is 0 Å². The molecule has 0 radical (unpaired) electrons. The van der Waals surface area contributed by atoms with E-state index >= 15 is 0 Å². The molecule has 4 rings (SSSR count). The largest absolute Gasteiger partial charge is 0.324 e. The number of sulfone groups is 1. The fourth-order valence-electron chi connectivity index (χ4n) is 4.15. The molecule has 36 heavy (non-hydrogen) atoms. The molecule has 7 nitrogen and oxygen atoms in total. The van der Waals surface area contributed by atoms with Gasteiger partial charge in [0.2, 0.25) is 21.2 Å². The Morgan fingerprint density at radius 1 is 0.972 bits per heavy atom. The first kappa shape index (κ1) is 25.3. The average molecular weight is 504 g/mol. The van der Waals surface area contributed by atoms with Crippen molar-refractivity contribution in [3.05, 3.63) is 93.4 Å². The number of nitrogens with one attached hydrogen (secondary N) is 1. The van der Waals surface area contributed by atoms with Gasteiger partial charge in [-0.1, -0.05) is 44.2 Å². The van der Waals surface area contributed by atoms with Gasteiger partial charge in [0.15, 0.2) is 0 Å². The van der Waals surface area contributed by atoms with E-state index in [1.54, 1.807) is 31.2 Å². The third-order valence-corrected chi connectivity index (χ3v) is 8.00. The molecule has 0 bridgehead atoms. The van der Waals surface area contributed by atoms with E-state index < -0.39 is 20.2 Å². The maximum absolute atomic E-state index is 13.5. The molecule has 1 amide bonds.